The number of nitro groups is 1. The van der Waals surface area contributed by atoms with Crippen molar-refractivity contribution in [3.63, 3.8) is 0 Å². The molecule has 6 rings (SSSR count). The van der Waals surface area contributed by atoms with E-state index in [1.807, 2.05) is 35.0 Å². The Morgan fingerprint density at radius 1 is 1.11 bits per heavy atom. The Bertz CT molecular complexity index is 1660. The molecule has 2 aliphatic rings. The van der Waals surface area contributed by atoms with E-state index in [1.165, 1.54) is 17.3 Å². The van der Waals surface area contributed by atoms with E-state index in [1.54, 1.807) is 36.4 Å². The Labute approximate surface area is 207 Å². The predicted molar refractivity (Wildman–Crippen MR) is 137 cm³/mol. The minimum Gasteiger partial charge on any atom is -0.462 e. The van der Waals surface area contributed by atoms with Crippen LogP contribution in [0.4, 0.5) is 5.69 Å². The number of rotatable bonds is 5. The van der Waals surface area contributed by atoms with Crippen molar-refractivity contribution >= 4 is 56.4 Å². The summed E-state index contributed by atoms with van der Waals surface area (Å²) >= 11 is 1.16. The molecule has 2 aliphatic heterocycles. The van der Waals surface area contributed by atoms with E-state index in [2.05, 4.69) is 10.1 Å². The third kappa shape index (κ3) is 3.62. The Balaban J connectivity index is 1.40. The maximum atomic E-state index is 12.9. The maximum Gasteiger partial charge on any atom is 0.283 e. The van der Waals surface area contributed by atoms with Gasteiger partial charge in [-0.1, -0.05) is 36.4 Å². The SMILES string of the molecule is N=C1C(=Cc2cn(Cc3ccccc3[N+](=O)[O-])c3ccccc23)C(=O)N=C2SC(c3ccco3)=NN12. The first kappa shape index (κ1) is 21.7. The quantitative estimate of drug-likeness (QED) is 0.239. The van der Waals surface area contributed by atoms with Crippen LogP contribution >= 0.6 is 11.8 Å². The zero-order valence-corrected chi connectivity index (χ0v) is 19.3. The number of hydrogen-bond acceptors (Lipinski definition) is 7. The molecule has 2 aromatic carbocycles. The lowest BCUT2D eigenvalue weighted by atomic mass is 10.1. The van der Waals surface area contributed by atoms with Crippen LogP contribution in [0.25, 0.3) is 17.0 Å². The van der Waals surface area contributed by atoms with E-state index in [4.69, 9.17) is 9.83 Å². The molecule has 4 heterocycles. The first-order chi connectivity index (χ1) is 17.5. The number of carbonyl (C=O) groups is 1. The van der Waals surface area contributed by atoms with Gasteiger partial charge < -0.3 is 8.98 Å². The van der Waals surface area contributed by atoms with Crippen LogP contribution in [0.5, 0.6) is 0 Å². The molecule has 0 spiro atoms. The number of fused-ring (bicyclic) bond motifs is 2. The summed E-state index contributed by atoms with van der Waals surface area (Å²) in [5.74, 6) is -0.0966. The van der Waals surface area contributed by atoms with Crippen LogP contribution in [-0.2, 0) is 11.3 Å². The Morgan fingerprint density at radius 3 is 2.72 bits per heavy atom. The summed E-state index contributed by atoms with van der Waals surface area (Å²) < 4.78 is 7.28. The van der Waals surface area contributed by atoms with Crippen molar-refractivity contribution in [2.24, 2.45) is 10.1 Å². The molecule has 176 valence electrons. The number of nitrogens with zero attached hydrogens (tertiary/aromatic N) is 5. The summed E-state index contributed by atoms with van der Waals surface area (Å²) in [4.78, 5) is 28.1. The summed E-state index contributed by atoms with van der Waals surface area (Å²) in [5, 5.41) is 27.5. The molecule has 0 saturated carbocycles. The number of hydrazone groups is 1. The van der Waals surface area contributed by atoms with Gasteiger partial charge in [-0.05, 0) is 36.0 Å². The van der Waals surface area contributed by atoms with Gasteiger partial charge in [0.2, 0.25) is 5.17 Å². The number of amides is 1. The molecule has 36 heavy (non-hydrogen) atoms. The lowest BCUT2D eigenvalue weighted by molar-refractivity contribution is -0.385. The zero-order chi connectivity index (χ0) is 24.8. The fourth-order valence-corrected chi connectivity index (χ4v) is 5.03. The normalized spacial score (nSPS) is 16.4. The van der Waals surface area contributed by atoms with Gasteiger partial charge in [-0.15, -0.1) is 0 Å². The number of benzene rings is 2. The van der Waals surface area contributed by atoms with E-state index in [0.717, 1.165) is 22.7 Å². The molecule has 0 saturated heterocycles. The van der Waals surface area contributed by atoms with Gasteiger partial charge >= 0.3 is 0 Å². The molecule has 0 bridgehead atoms. The number of furan rings is 1. The molecule has 1 amide bonds. The lowest BCUT2D eigenvalue weighted by Gasteiger charge is -2.20. The predicted octanol–water partition coefficient (Wildman–Crippen LogP) is 4.86. The molecule has 2 aromatic heterocycles. The van der Waals surface area contributed by atoms with Gasteiger partial charge in [-0.3, -0.25) is 20.3 Å². The van der Waals surface area contributed by atoms with E-state index in [-0.39, 0.29) is 23.6 Å². The number of nitrogens with one attached hydrogen (secondary N) is 1. The fourth-order valence-electron chi connectivity index (χ4n) is 4.17. The molecule has 0 unspecified atom stereocenters. The number of para-hydroxylation sites is 2. The molecule has 0 fully saturated rings. The molecular formula is C25H16N6O4S. The van der Waals surface area contributed by atoms with Crippen LogP contribution in [-0.4, -0.2) is 36.5 Å². The third-order valence-electron chi connectivity index (χ3n) is 5.83. The highest BCUT2D eigenvalue weighted by Crippen LogP contribution is 2.32. The van der Waals surface area contributed by atoms with Gasteiger partial charge in [0.1, 0.15) is 0 Å². The molecule has 0 aliphatic carbocycles. The Hall–Kier alpha value is -4.77. The second kappa shape index (κ2) is 8.47. The number of aromatic nitrogens is 1. The summed E-state index contributed by atoms with van der Waals surface area (Å²) in [5.41, 5.74) is 2.23. The van der Waals surface area contributed by atoms with E-state index in [0.29, 0.717) is 27.1 Å². The van der Waals surface area contributed by atoms with Gasteiger partial charge in [-0.2, -0.15) is 15.1 Å². The van der Waals surface area contributed by atoms with Gasteiger partial charge in [0.25, 0.3) is 11.6 Å². The molecule has 0 radical (unpaired) electrons. The molecule has 11 heteroatoms. The highest BCUT2D eigenvalue weighted by Gasteiger charge is 2.36. The lowest BCUT2D eigenvalue weighted by Crippen LogP contribution is -2.35. The van der Waals surface area contributed by atoms with Crippen molar-refractivity contribution in [2.75, 3.05) is 0 Å². The fraction of sp³-hybridized carbons (Fsp3) is 0.0400. The van der Waals surface area contributed by atoms with Gasteiger partial charge in [-0.25, -0.2) is 0 Å². The smallest absolute Gasteiger partial charge is 0.283 e. The van der Waals surface area contributed by atoms with Crippen molar-refractivity contribution in [3.05, 3.63) is 106 Å². The maximum absolute atomic E-state index is 12.9. The van der Waals surface area contributed by atoms with E-state index >= 15 is 0 Å². The van der Waals surface area contributed by atoms with E-state index < -0.39 is 10.8 Å². The number of aliphatic imine (C=N–C) groups is 1. The van der Waals surface area contributed by atoms with Crippen LogP contribution in [0.3, 0.4) is 0 Å². The minimum atomic E-state index is -0.537. The van der Waals surface area contributed by atoms with Gasteiger partial charge in [0.15, 0.2) is 16.6 Å². The number of carbonyl (C=O) groups excluding carboxylic acids is 1. The highest BCUT2D eigenvalue weighted by molar-refractivity contribution is 8.27. The van der Waals surface area contributed by atoms with Crippen LogP contribution in [0.1, 0.15) is 16.9 Å². The second-order valence-electron chi connectivity index (χ2n) is 8.02. The molecular weight excluding hydrogens is 480 g/mol. The number of hydrogen-bond donors (Lipinski definition) is 1. The van der Waals surface area contributed by atoms with Crippen molar-refractivity contribution in [3.8, 4) is 0 Å². The van der Waals surface area contributed by atoms with Crippen molar-refractivity contribution < 1.29 is 14.1 Å². The van der Waals surface area contributed by atoms with Gasteiger partial charge in [0, 0.05) is 34.3 Å². The number of amidine groups is 2. The summed E-state index contributed by atoms with van der Waals surface area (Å²) in [6.45, 7) is 0.272. The highest BCUT2D eigenvalue weighted by atomic mass is 32.2. The summed E-state index contributed by atoms with van der Waals surface area (Å²) in [7, 11) is 0. The van der Waals surface area contributed by atoms with E-state index in [9.17, 15) is 14.9 Å². The number of nitro benzene ring substituents is 1. The summed E-state index contributed by atoms with van der Waals surface area (Å²) in [6.07, 6.45) is 4.97. The average Bonchev–Trinajstić information content (AvgIpc) is 3.62. The topological polar surface area (TPSA) is 130 Å². The molecule has 0 atom stereocenters. The average molecular weight is 497 g/mol. The second-order valence-corrected chi connectivity index (χ2v) is 8.97. The van der Waals surface area contributed by atoms with Gasteiger partial charge in [0.05, 0.1) is 23.3 Å². The van der Waals surface area contributed by atoms with Crippen LogP contribution < -0.4 is 0 Å². The van der Waals surface area contributed by atoms with Crippen molar-refractivity contribution in [1.82, 2.24) is 9.58 Å². The molecule has 4 aromatic rings. The van der Waals surface area contributed by atoms with Crippen LogP contribution in [0.15, 0.2) is 93.2 Å². The third-order valence-corrected chi connectivity index (χ3v) is 6.76. The summed E-state index contributed by atoms with van der Waals surface area (Å²) in [6, 6.07) is 17.7. The Kier molecular flexibility index (Phi) is 5.11. The largest absolute Gasteiger partial charge is 0.462 e. The molecule has 10 nitrogen and oxygen atoms in total. The monoisotopic (exact) mass is 496 g/mol. The van der Waals surface area contributed by atoms with Crippen LogP contribution in [0.2, 0.25) is 0 Å². The van der Waals surface area contributed by atoms with Crippen molar-refractivity contribution in [2.45, 2.75) is 6.54 Å². The number of thioether (sulfide) groups is 1. The minimum absolute atomic E-state index is 0.0399. The first-order valence-electron chi connectivity index (χ1n) is 10.8. The first-order valence-corrected chi connectivity index (χ1v) is 11.7. The zero-order valence-electron chi connectivity index (χ0n) is 18.5. The van der Waals surface area contributed by atoms with Crippen molar-refractivity contribution in [1.29, 1.82) is 5.41 Å². The standard InChI is InChI=1S/C25H16N6O4S/c26-22-18(23(32)27-25-30(22)28-24(36-25)21-10-5-11-35-21)12-16-14-29(20-9-4-2-7-17(16)20)13-15-6-1-3-8-19(15)31(33)34/h1-12,14,26H,13H2. The molecule has 1 N–H and O–H groups in total. The van der Waals surface area contributed by atoms with Crippen LogP contribution in [0, 0.1) is 15.5 Å². The Morgan fingerprint density at radius 2 is 1.92 bits per heavy atom.